The normalized spacial score (nSPS) is 15.4. The van der Waals surface area contributed by atoms with E-state index in [4.69, 9.17) is 14.2 Å². The van der Waals surface area contributed by atoms with E-state index in [0.717, 1.165) is 42.4 Å². The van der Waals surface area contributed by atoms with Crippen molar-refractivity contribution in [2.45, 2.75) is 20.4 Å². The number of hydrogen-bond acceptors (Lipinski definition) is 7. The standard InChI is InChI=1S/C25H31N3O5/c1-4-27(20-7-5-18(2)21(14-20)25(30)31-3)16-24(29)28-11-9-26(10-12-28)15-19-6-8-22-23(13-19)33-17-32-22/h5-8,13-14H,4,9-12,15-17H2,1-3H3. The molecule has 0 bridgehead atoms. The zero-order valence-electron chi connectivity index (χ0n) is 19.5. The fourth-order valence-corrected chi connectivity index (χ4v) is 4.24. The lowest BCUT2D eigenvalue weighted by Gasteiger charge is -2.36. The molecule has 2 heterocycles. The highest BCUT2D eigenvalue weighted by atomic mass is 16.7. The van der Waals surface area contributed by atoms with Crippen molar-refractivity contribution in [3.05, 3.63) is 53.1 Å². The maximum atomic E-state index is 13.0. The number of rotatable bonds is 7. The predicted octanol–water partition coefficient (Wildman–Crippen LogP) is 2.68. The Hall–Kier alpha value is -3.26. The topological polar surface area (TPSA) is 71.6 Å². The van der Waals surface area contributed by atoms with Gasteiger partial charge in [-0.25, -0.2) is 4.79 Å². The smallest absolute Gasteiger partial charge is 0.338 e. The van der Waals surface area contributed by atoms with Crippen LogP contribution in [0.4, 0.5) is 5.69 Å². The number of fused-ring (bicyclic) bond motifs is 1. The first-order valence-electron chi connectivity index (χ1n) is 11.3. The van der Waals surface area contributed by atoms with Crippen LogP contribution >= 0.6 is 0 Å². The minimum absolute atomic E-state index is 0.0970. The molecule has 0 unspecified atom stereocenters. The Morgan fingerprint density at radius 1 is 1.03 bits per heavy atom. The van der Waals surface area contributed by atoms with Crippen molar-refractivity contribution in [3.8, 4) is 11.5 Å². The highest BCUT2D eigenvalue weighted by molar-refractivity contribution is 5.92. The second kappa shape index (κ2) is 10.1. The number of amides is 1. The minimum atomic E-state index is -0.365. The Labute approximate surface area is 194 Å². The Morgan fingerprint density at radius 3 is 2.52 bits per heavy atom. The van der Waals surface area contributed by atoms with E-state index in [9.17, 15) is 9.59 Å². The molecule has 0 aliphatic carbocycles. The van der Waals surface area contributed by atoms with Gasteiger partial charge in [-0.1, -0.05) is 12.1 Å². The van der Waals surface area contributed by atoms with Gasteiger partial charge in [0.2, 0.25) is 12.7 Å². The first-order chi connectivity index (χ1) is 16.0. The van der Waals surface area contributed by atoms with E-state index in [1.807, 2.05) is 47.9 Å². The van der Waals surface area contributed by atoms with E-state index in [1.165, 1.54) is 12.7 Å². The number of piperazine rings is 1. The SMILES string of the molecule is CCN(CC(=O)N1CCN(Cc2ccc3c(c2)OCO3)CC1)c1ccc(C)c(C(=O)OC)c1. The number of likely N-dealkylation sites (N-methyl/N-ethyl adjacent to an activating group) is 1. The fourth-order valence-electron chi connectivity index (χ4n) is 4.24. The summed E-state index contributed by atoms with van der Waals surface area (Å²) in [6.07, 6.45) is 0. The number of aryl methyl sites for hydroxylation is 1. The quantitative estimate of drug-likeness (QED) is 0.597. The van der Waals surface area contributed by atoms with Gasteiger partial charge in [0.15, 0.2) is 11.5 Å². The number of methoxy groups -OCH3 is 1. The number of carbonyl (C=O) groups excluding carboxylic acids is 2. The molecule has 4 rings (SSSR count). The molecule has 1 amide bonds. The molecule has 2 aromatic carbocycles. The summed E-state index contributed by atoms with van der Waals surface area (Å²) >= 11 is 0. The summed E-state index contributed by atoms with van der Waals surface area (Å²) in [5.41, 5.74) is 3.40. The molecule has 0 spiro atoms. The molecule has 33 heavy (non-hydrogen) atoms. The van der Waals surface area contributed by atoms with Gasteiger partial charge in [-0.2, -0.15) is 0 Å². The molecule has 1 saturated heterocycles. The summed E-state index contributed by atoms with van der Waals surface area (Å²) in [7, 11) is 1.38. The summed E-state index contributed by atoms with van der Waals surface area (Å²) < 4.78 is 15.7. The first-order valence-corrected chi connectivity index (χ1v) is 11.3. The van der Waals surface area contributed by atoms with Crippen molar-refractivity contribution in [1.82, 2.24) is 9.80 Å². The van der Waals surface area contributed by atoms with Crippen LogP contribution in [0.1, 0.15) is 28.4 Å². The van der Waals surface area contributed by atoms with Crippen LogP contribution in [0.3, 0.4) is 0 Å². The fraction of sp³-hybridized carbons (Fsp3) is 0.440. The lowest BCUT2D eigenvalue weighted by Crippen LogP contribution is -2.51. The van der Waals surface area contributed by atoms with Crippen LogP contribution in [0.2, 0.25) is 0 Å². The van der Waals surface area contributed by atoms with Gasteiger partial charge in [-0.15, -0.1) is 0 Å². The highest BCUT2D eigenvalue weighted by Crippen LogP contribution is 2.32. The predicted molar refractivity (Wildman–Crippen MR) is 125 cm³/mol. The van der Waals surface area contributed by atoms with Crippen LogP contribution in [-0.2, 0) is 16.1 Å². The van der Waals surface area contributed by atoms with Gasteiger partial charge in [0.1, 0.15) is 0 Å². The molecule has 2 aliphatic heterocycles. The van der Waals surface area contributed by atoms with Gasteiger partial charge in [0.05, 0.1) is 19.2 Å². The number of ether oxygens (including phenoxy) is 3. The van der Waals surface area contributed by atoms with Crippen LogP contribution in [0.25, 0.3) is 0 Å². The molecule has 0 saturated carbocycles. The second-order valence-corrected chi connectivity index (χ2v) is 8.35. The molecule has 2 aliphatic rings. The molecule has 8 nitrogen and oxygen atoms in total. The van der Waals surface area contributed by atoms with Crippen molar-refractivity contribution in [2.75, 3.05) is 58.1 Å². The van der Waals surface area contributed by atoms with Crippen LogP contribution < -0.4 is 14.4 Å². The number of carbonyl (C=O) groups is 2. The Kier molecular flexibility index (Phi) is 7.03. The highest BCUT2D eigenvalue weighted by Gasteiger charge is 2.24. The number of benzene rings is 2. The molecular formula is C25H31N3O5. The molecule has 0 aromatic heterocycles. The van der Waals surface area contributed by atoms with Crippen molar-refractivity contribution in [3.63, 3.8) is 0 Å². The zero-order chi connectivity index (χ0) is 23.4. The molecule has 0 radical (unpaired) electrons. The molecular weight excluding hydrogens is 422 g/mol. The van der Waals surface area contributed by atoms with E-state index in [0.29, 0.717) is 25.2 Å². The molecule has 2 aromatic rings. The van der Waals surface area contributed by atoms with Crippen LogP contribution in [0.15, 0.2) is 36.4 Å². The maximum Gasteiger partial charge on any atom is 0.338 e. The number of nitrogens with zero attached hydrogens (tertiary/aromatic N) is 3. The molecule has 1 fully saturated rings. The van der Waals surface area contributed by atoms with Crippen molar-refractivity contribution in [1.29, 1.82) is 0 Å². The minimum Gasteiger partial charge on any atom is -0.465 e. The van der Waals surface area contributed by atoms with E-state index < -0.39 is 0 Å². The second-order valence-electron chi connectivity index (χ2n) is 8.35. The van der Waals surface area contributed by atoms with Crippen LogP contribution in [0, 0.1) is 6.92 Å². The van der Waals surface area contributed by atoms with Gasteiger partial charge in [0.25, 0.3) is 0 Å². The Bertz CT molecular complexity index is 1020. The van der Waals surface area contributed by atoms with Gasteiger partial charge < -0.3 is 24.0 Å². The van der Waals surface area contributed by atoms with Crippen molar-refractivity contribution in [2.24, 2.45) is 0 Å². The monoisotopic (exact) mass is 453 g/mol. The third-order valence-corrected chi connectivity index (χ3v) is 6.27. The average molecular weight is 454 g/mol. The third kappa shape index (κ3) is 5.22. The van der Waals surface area contributed by atoms with E-state index in [2.05, 4.69) is 11.0 Å². The number of hydrogen-bond donors (Lipinski definition) is 0. The first kappa shape index (κ1) is 22.9. The molecule has 0 atom stereocenters. The average Bonchev–Trinajstić information content (AvgIpc) is 3.31. The summed E-state index contributed by atoms with van der Waals surface area (Å²) in [5.74, 6) is 1.32. The van der Waals surface area contributed by atoms with E-state index >= 15 is 0 Å². The third-order valence-electron chi connectivity index (χ3n) is 6.27. The molecule has 176 valence electrons. The largest absolute Gasteiger partial charge is 0.465 e. The summed E-state index contributed by atoms with van der Waals surface area (Å²) in [4.78, 5) is 31.3. The lowest BCUT2D eigenvalue weighted by molar-refractivity contribution is -0.131. The van der Waals surface area contributed by atoms with E-state index in [1.54, 1.807) is 6.07 Å². The lowest BCUT2D eigenvalue weighted by atomic mass is 10.1. The van der Waals surface area contributed by atoms with Gasteiger partial charge >= 0.3 is 5.97 Å². The summed E-state index contributed by atoms with van der Waals surface area (Å²) in [6.45, 7) is 8.97. The zero-order valence-corrected chi connectivity index (χ0v) is 19.5. The van der Waals surface area contributed by atoms with Gasteiger partial charge in [0, 0.05) is 45.0 Å². The van der Waals surface area contributed by atoms with Gasteiger partial charge in [-0.3, -0.25) is 9.69 Å². The van der Waals surface area contributed by atoms with Gasteiger partial charge in [-0.05, 0) is 49.2 Å². The van der Waals surface area contributed by atoms with Crippen LogP contribution in [-0.4, -0.2) is 74.8 Å². The summed E-state index contributed by atoms with van der Waals surface area (Å²) in [6, 6.07) is 11.7. The van der Waals surface area contributed by atoms with Crippen LogP contribution in [0.5, 0.6) is 11.5 Å². The Balaban J connectivity index is 1.32. The van der Waals surface area contributed by atoms with Crippen molar-refractivity contribution >= 4 is 17.6 Å². The molecule has 0 N–H and O–H groups in total. The van der Waals surface area contributed by atoms with E-state index in [-0.39, 0.29) is 25.2 Å². The number of esters is 1. The number of anilines is 1. The maximum absolute atomic E-state index is 13.0. The van der Waals surface area contributed by atoms with Crippen molar-refractivity contribution < 1.29 is 23.8 Å². The Morgan fingerprint density at radius 2 is 1.79 bits per heavy atom. The molecule has 8 heteroatoms. The summed E-state index contributed by atoms with van der Waals surface area (Å²) in [5, 5.41) is 0.